The summed E-state index contributed by atoms with van der Waals surface area (Å²) in [6.45, 7) is 8.34. The van der Waals surface area contributed by atoms with Gasteiger partial charge in [0.1, 0.15) is 0 Å². The summed E-state index contributed by atoms with van der Waals surface area (Å²) in [5, 5.41) is 0. The number of hydrogen-bond donors (Lipinski definition) is 0. The number of hydrogen-bond acceptors (Lipinski definition) is 4. The van der Waals surface area contributed by atoms with E-state index in [1.807, 2.05) is 0 Å². The van der Waals surface area contributed by atoms with E-state index < -0.39 is 0 Å². The van der Waals surface area contributed by atoms with Crippen LogP contribution in [0.5, 0.6) is 0 Å². The van der Waals surface area contributed by atoms with Crippen molar-refractivity contribution in [3.05, 3.63) is 119 Å². The topological polar surface area (TPSA) is 41.9 Å². The van der Waals surface area contributed by atoms with E-state index in [1.54, 1.807) is 0 Å². The molecular weight excluding hydrogens is 428 g/mol. The predicted octanol–water partition coefficient (Wildman–Crippen LogP) is 7.91. The Morgan fingerprint density at radius 2 is 0.714 bits per heavy atom. The number of benzene rings is 4. The molecule has 0 saturated carbocycles. The third-order valence-corrected chi connectivity index (χ3v) is 6.03. The minimum absolute atomic E-state index is 0.582. The van der Waals surface area contributed by atoms with Crippen molar-refractivity contribution >= 4 is 17.3 Å². The molecule has 0 fully saturated rings. The van der Waals surface area contributed by atoms with E-state index in [0.717, 1.165) is 22.5 Å². The Kier molecular flexibility index (Phi) is 6.11. The number of aryl methyl sites for hydroxylation is 4. The molecule has 0 unspecified atom stereocenters. The van der Waals surface area contributed by atoms with Crippen molar-refractivity contribution < 1.29 is 0 Å². The van der Waals surface area contributed by atoms with E-state index in [0.29, 0.717) is 17.6 Å². The first kappa shape index (κ1) is 22.5. The second kappa shape index (κ2) is 9.51. The van der Waals surface area contributed by atoms with Gasteiger partial charge < -0.3 is 0 Å². The summed E-state index contributed by atoms with van der Waals surface area (Å²) >= 11 is 0. The van der Waals surface area contributed by atoms with Gasteiger partial charge in [0, 0.05) is 22.5 Å². The molecule has 0 N–H and O–H groups in total. The van der Waals surface area contributed by atoms with E-state index in [-0.39, 0.29) is 0 Å². The van der Waals surface area contributed by atoms with Gasteiger partial charge >= 0.3 is 0 Å². The molecule has 0 aliphatic carbocycles. The van der Waals surface area contributed by atoms with Gasteiger partial charge in [0.25, 0.3) is 0 Å². The van der Waals surface area contributed by atoms with Crippen LogP contribution in [0.3, 0.4) is 0 Å². The molecule has 0 bridgehead atoms. The maximum Gasteiger partial charge on any atom is 0.238 e. The van der Waals surface area contributed by atoms with Crippen molar-refractivity contribution in [3.63, 3.8) is 0 Å². The van der Waals surface area contributed by atoms with Gasteiger partial charge in [0.05, 0.1) is 0 Å². The molecule has 5 aromatic rings. The highest BCUT2D eigenvalue weighted by Crippen LogP contribution is 2.34. The van der Waals surface area contributed by atoms with Gasteiger partial charge in [-0.3, -0.25) is 4.90 Å². The lowest BCUT2D eigenvalue weighted by molar-refractivity contribution is 1.02. The molecule has 172 valence electrons. The van der Waals surface area contributed by atoms with Crippen molar-refractivity contribution in [2.75, 3.05) is 4.90 Å². The summed E-state index contributed by atoms with van der Waals surface area (Å²) in [7, 11) is 0. The molecule has 0 aliphatic rings. The molecule has 0 aliphatic heterocycles. The van der Waals surface area contributed by atoms with E-state index in [4.69, 9.17) is 15.0 Å². The van der Waals surface area contributed by atoms with Crippen molar-refractivity contribution in [2.24, 2.45) is 0 Å². The molecule has 4 aromatic carbocycles. The van der Waals surface area contributed by atoms with E-state index >= 15 is 0 Å². The van der Waals surface area contributed by atoms with Gasteiger partial charge in [-0.1, -0.05) is 95.1 Å². The zero-order valence-corrected chi connectivity index (χ0v) is 20.5. The molecule has 0 amide bonds. The Hall–Kier alpha value is -4.31. The number of rotatable bonds is 5. The second-order valence-corrected chi connectivity index (χ2v) is 9.02. The van der Waals surface area contributed by atoms with Crippen LogP contribution in [0.25, 0.3) is 22.8 Å². The largest absolute Gasteiger partial charge is 0.279 e. The van der Waals surface area contributed by atoms with E-state index in [1.165, 1.54) is 22.3 Å². The highest BCUT2D eigenvalue weighted by Gasteiger charge is 2.19. The molecule has 5 rings (SSSR count). The van der Waals surface area contributed by atoms with Crippen molar-refractivity contribution in [2.45, 2.75) is 27.7 Å². The van der Waals surface area contributed by atoms with Crippen LogP contribution < -0.4 is 4.90 Å². The normalized spacial score (nSPS) is 10.9. The Labute approximate surface area is 207 Å². The number of aromatic nitrogens is 3. The molecule has 0 atom stereocenters. The molecule has 4 nitrogen and oxygen atoms in total. The zero-order chi connectivity index (χ0) is 24.4. The van der Waals surface area contributed by atoms with Crippen LogP contribution >= 0.6 is 0 Å². The highest BCUT2D eigenvalue weighted by molar-refractivity contribution is 5.75. The van der Waals surface area contributed by atoms with Gasteiger partial charge in [0.2, 0.25) is 5.95 Å². The van der Waals surface area contributed by atoms with E-state index in [9.17, 15) is 0 Å². The molecule has 4 heteroatoms. The van der Waals surface area contributed by atoms with Crippen LogP contribution in [0, 0.1) is 27.7 Å². The Morgan fingerprint density at radius 1 is 0.400 bits per heavy atom. The molecule has 35 heavy (non-hydrogen) atoms. The fourth-order valence-corrected chi connectivity index (χ4v) is 3.90. The number of anilines is 3. The summed E-state index contributed by atoms with van der Waals surface area (Å²) in [6.07, 6.45) is 0. The highest BCUT2D eigenvalue weighted by atomic mass is 15.3. The van der Waals surface area contributed by atoms with Crippen molar-refractivity contribution in [1.82, 2.24) is 15.0 Å². The molecule has 0 saturated heterocycles. The van der Waals surface area contributed by atoms with Crippen molar-refractivity contribution in [1.29, 1.82) is 0 Å². The van der Waals surface area contributed by atoms with Crippen LogP contribution in [0.4, 0.5) is 17.3 Å². The fourth-order valence-electron chi connectivity index (χ4n) is 3.90. The van der Waals surface area contributed by atoms with Gasteiger partial charge in [-0.15, -0.1) is 0 Å². The van der Waals surface area contributed by atoms with Crippen LogP contribution in [0.1, 0.15) is 22.3 Å². The average molecular weight is 457 g/mol. The Balaban J connectivity index is 1.74. The molecular formula is C31H28N4. The van der Waals surface area contributed by atoms with Gasteiger partial charge in [-0.05, 0) is 52.0 Å². The standard InChI is InChI=1S/C31H28N4/c1-21-5-13-25(14-6-21)29-32-30(26-15-7-22(2)8-16-26)34-31(33-29)35(27-17-9-23(3)10-18-27)28-19-11-24(4)12-20-28/h5-20H,1-4H3. The SMILES string of the molecule is Cc1ccc(-c2nc(-c3ccc(C)cc3)nc(N(c3ccc(C)cc3)c3ccc(C)cc3)n2)cc1. The molecule has 1 heterocycles. The van der Waals surface area contributed by atoms with Crippen LogP contribution in [0.2, 0.25) is 0 Å². The minimum Gasteiger partial charge on any atom is -0.279 e. The molecule has 0 radical (unpaired) electrons. The third-order valence-electron chi connectivity index (χ3n) is 6.03. The maximum absolute atomic E-state index is 4.98. The third kappa shape index (κ3) is 4.97. The van der Waals surface area contributed by atoms with Gasteiger partial charge in [0.15, 0.2) is 11.6 Å². The van der Waals surface area contributed by atoms with Crippen molar-refractivity contribution in [3.8, 4) is 22.8 Å². The summed E-state index contributed by atoms with van der Waals surface area (Å²) in [6, 6.07) is 33.5. The van der Waals surface area contributed by atoms with Crippen LogP contribution in [0.15, 0.2) is 97.1 Å². The molecule has 1 aromatic heterocycles. The maximum atomic E-state index is 4.98. The van der Waals surface area contributed by atoms with Crippen LogP contribution in [-0.2, 0) is 0 Å². The van der Waals surface area contributed by atoms with Crippen LogP contribution in [-0.4, -0.2) is 15.0 Å². The first-order chi connectivity index (χ1) is 17.0. The lowest BCUT2D eigenvalue weighted by atomic mass is 10.1. The second-order valence-electron chi connectivity index (χ2n) is 9.02. The summed E-state index contributed by atoms with van der Waals surface area (Å²) in [4.78, 5) is 16.9. The predicted molar refractivity (Wildman–Crippen MR) is 144 cm³/mol. The summed E-state index contributed by atoms with van der Waals surface area (Å²) in [5.41, 5.74) is 8.71. The van der Waals surface area contributed by atoms with E-state index in [2.05, 4.69) is 130 Å². The monoisotopic (exact) mass is 456 g/mol. The summed E-state index contributed by atoms with van der Waals surface area (Å²) in [5.74, 6) is 1.88. The number of nitrogens with zero attached hydrogens (tertiary/aromatic N) is 4. The smallest absolute Gasteiger partial charge is 0.238 e. The lowest BCUT2D eigenvalue weighted by Gasteiger charge is -2.24. The summed E-state index contributed by atoms with van der Waals surface area (Å²) < 4.78 is 0. The fraction of sp³-hybridized carbons (Fsp3) is 0.129. The lowest BCUT2D eigenvalue weighted by Crippen LogP contribution is -2.15. The zero-order valence-electron chi connectivity index (χ0n) is 20.5. The first-order valence-corrected chi connectivity index (χ1v) is 11.8. The van der Waals surface area contributed by atoms with Gasteiger partial charge in [-0.25, -0.2) is 4.98 Å². The first-order valence-electron chi connectivity index (χ1n) is 11.8. The Morgan fingerprint density at radius 3 is 1.06 bits per heavy atom. The quantitative estimate of drug-likeness (QED) is 0.269. The van der Waals surface area contributed by atoms with Gasteiger partial charge in [-0.2, -0.15) is 9.97 Å². The minimum atomic E-state index is 0.582. The molecule has 0 spiro atoms. The average Bonchev–Trinajstić information content (AvgIpc) is 2.87. The Bertz CT molecular complexity index is 1330.